The lowest BCUT2D eigenvalue weighted by Crippen LogP contribution is -2.42. The molecule has 0 amide bonds. The summed E-state index contributed by atoms with van der Waals surface area (Å²) in [4.78, 5) is 0. The number of unbranched alkanes of at least 4 members (excludes halogenated alkanes) is 12. The molecule has 0 saturated carbocycles. The van der Waals surface area contributed by atoms with E-state index in [9.17, 15) is 0 Å². The van der Waals surface area contributed by atoms with Crippen molar-refractivity contribution in [1.29, 1.82) is 0 Å². The van der Waals surface area contributed by atoms with Crippen LogP contribution < -0.4 is 0 Å². The third-order valence-corrected chi connectivity index (χ3v) is 7.91. The summed E-state index contributed by atoms with van der Waals surface area (Å²) >= 11 is 0. The van der Waals surface area contributed by atoms with Crippen LogP contribution in [0.25, 0.3) is 0 Å². The van der Waals surface area contributed by atoms with Gasteiger partial charge in [-0.25, -0.2) is 0 Å². The van der Waals surface area contributed by atoms with E-state index in [0.717, 1.165) is 25.7 Å². The van der Waals surface area contributed by atoms with Gasteiger partial charge in [0.1, 0.15) is 0 Å². The van der Waals surface area contributed by atoms with Crippen LogP contribution in [0.2, 0.25) is 0 Å². The molecule has 0 saturated heterocycles. The maximum absolute atomic E-state index is 6.70. The van der Waals surface area contributed by atoms with Crippen LogP contribution in [-0.4, -0.2) is 35.0 Å². The van der Waals surface area contributed by atoms with E-state index in [1.165, 1.54) is 89.9 Å². The third kappa shape index (κ3) is 27.0. The predicted molar refractivity (Wildman–Crippen MR) is 192 cm³/mol. The molecule has 44 heavy (non-hydrogen) atoms. The van der Waals surface area contributed by atoms with Crippen LogP contribution in [0.1, 0.15) is 213 Å². The van der Waals surface area contributed by atoms with Gasteiger partial charge in [0, 0.05) is 11.8 Å². The third-order valence-electron chi connectivity index (χ3n) is 7.91. The molecule has 0 spiro atoms. The van der Waals surface area contributed by atoms with Crippen LogP contribution in [0.5, 0.6) is 0 Å². The zero-order chi connectivity index (χ0) is 33.9. The summed E-state index contributed by atoms with van der Waals surface area (Å²) in [5.74, 6) is 0.677. The second kappa shape index (κ2) is 22.4. The fraction of sp³-hybridized carbons (Fsp3) is 1.00. The highest BCUT2D eigenvalue weighted by Crippen LogP contribution is 2.35. The van der Waals surface area contributed by atoms with Gasteiger partial charge in [-0.15, -0.1) is 0 Å². The Kier molecular flexibility index (Phi) is 22.3. The highest BCUT2D eigenvalue weighted by Gasteiger charge is 2.35. The molecule has 266 valence electrons. The van der Waals surface area contributed by atoms with Crippen molar-refractivity contribution in [1.82, 2.24) is 0 Å². The van der Waals surface area contributed by atoms with Gasteiger partial charge in [0.2, 0.25) is 0 Å². The molecule has 0 aromatic rings. The highest BCUT2D eigenvalue weighted by atomic mass is 16.7. The van der Waals surface area contributed by atoms with Crippen molar-refractivity contribution in [2.75, 3.05) is 0 Å². The Morgan fingerprint density at radius 2 is 0.545 bits per heavy atom. The summed E-state index contributed by atoms with van der Waals surface area (Å²) < 4.78 is 26.8. The lowest BCUT2D eigenvalue weighted by molar-refractivity contribution is -0.265. The van der Waals surface area contributed by atoms with Gasteiger partial charge in [-0.05, 0) is 109 Å². The van der Waals surface area contributed by atoms with Gasteiger partial charge < -0.3 is 18.9 Å². The molecular weight excluding hydrogens is 544 g/mol. The van der Waals surface area contributed by atoms with Crippen LogP contribution >= 0.6 is 0 Å². The Bertz CT molecular complexity index is 571. The summed E-state index contributed by atoms with van der Waals surface area (Å²) in [6.07, 6.45) is 22.4. The van der Waals surface area contributed by atoms with Crippen molar-refractivity contribution < 1.29 is 18.9 Å². The average molecular weight is 627 g/mol. The summed E-state index contributed by atoms with van der Waals surface area (Å²) in [5, 5.41) is 0. The fourth-order valence-electron chi connectivity index (χ4n) is 5.82. The number of hydrogen-bond acceptors (Lipinski definition) is 4. The van der Waals surface area contributed by atoms with Gasteiger partial charge in [-0.3, -0.25) is 0 Å². The molecule has 0 bridgehead atoms. The van der Waals surface area contributed by atoms with E-state index in [1.54, 1.807) is 0 Å². The predicted octanol–water partition coefficient (Wildman–Crippen LogP) is 13.2. The SMILES string of the molecule is CCCCCCCCCC(CCC(CCCCCCCCC)C(OC(C)(C)C)OC(C)(C)C)C(OC(C)(C)C)OC(C)(C)C. The first-order valence-corrected chi connectivity index (χ1v) is 19.0. The summed E-state index contributed by atoms with van der Waals surface area (Å²) in [6, 6.07) is 0. The minimum Gasteiger partial charge on any atom is -0.347 e. The molecule has 0 rings (SSSR count). The minimum atomic E-state index is -0.265. The van der Waals surface area contributed by atoms with Gasteiger partial charge in [0.25, 0.3) is 0 Å². The Hall–Kier alpha value is -0.160. The van der Waals surface area contributed by atoms with Gasteiger partial charge >= 0.3 is 0 Å². The first-order valence-electron chi connectivity index (χ1n) is 19.0. The largest absolute Gasteiger partial charge is 0.347 e. The number of ether oxygens (including phenoxy) is 4. The molecule has 0 aromatic heterocycles. The molecule has 0 aliphatic carbocycles. The molecule has 0 heterocycles. The van der Waals surface area contributed by atoms with Crippen molar-refractivity contribution >= 4 is 0 Å². The van der Waals surface area contributed by atoms with Crippen molar-refractivity contribution in [3.05, 3.63) is 0 Å². The lowest BCUT2D eigenvalue weighted by atomic mass is 9.87. The number of rotatable bonds is 25. The minimum absolute atomic E-state index is 0.222. The normalized spacial score (nSPS) is 15.0. The van der Waals surface area contributed by atoms with E-state index in [0.29, 0.717) is 11.8 Å². The second-order valence-corrected chi connectivity index (χ2v) is 17.6. The Labute approximate surface area is 277 Å². The quantitative estimate of drug-likeness (QED) is 0.0746. The molecule has 2 unspecified atom stereocenters. The molecule has 0 aliphatic rings. The van der Waals surface area contributed by atoms with Crippen LogP contribution in [0, 0.1) is 11.8 Å². The first kappa shape index (κ1) is 43.8. The highest BCUT2D eigenvalue weighted by molar-refractivity contribution is 4.77. The van der Waals surface area contributed by atoms with E-state index in [1.807, 2.05) is 0 Å². The maximum Gasteiger partial charge on any atom is 0.161 e. The fourth-order valence-corrected chi connectivity index (χ4v) is 5.82. The van der Waals surface area contributed by atoms with Crippen LogP contribution in [0.3, 0.4) is 0 Å². The van der Waals surface area contributed by atoms with E-state index >= 15 is 0 Å². The monoisotopic (exact) mass is 627 g/mol. The van der Waals surface area contributed by atoms with E-state index in [4.69, 9.17) is 18.9 Å². The van der Waals surface area contributed by atoms with Crippen molar-refractivity contribution in [2.24, 2.45) is 11.8 Å². The van der Waals surface area contributed by atoms with E-state index < -0.39 is 0 Å². The summed E-state index contributed by atoms with van der Waals surface area (Å²) in [7, 11) is 0. The smallest absolute Gasteiger partial charge is 0.161 e. The first-order chi connectivity index (χ1) is 20.3. The van der Waals surface area contributed by atoms with E-state index in [-0.39, 0.29) is 35.0 Å². The summed E-state index contributed by atoms with van der Waals surface area (Å²) in [5.41, 5.74) is -1.06. The lowest BCUT2D eigenvalue weighted by Gasteiger charge is -2.40. The molecule has 0 aromatic carbocycles. The molecule has 4 heteroatoms. The standard InChI is InChI=1S/C40H82O4/c1-15-17-19-21-23-25-27-29-33(35(41-37(3,4)5)42-38(6,7)8)31-32-34(30-28-26-24-22-20-18-16-2)36(43-39(9,10)11)44-40(12,13)14/h33-36H,15-32H2,1-14H3. The zero-order valence-electron chi connectivity index (χ0n) is 32.7. The molecule has 0 radical (unpaired) electrons. The second-order valence-electron chi connectivity index (χ2n) is 17.6. The summed E-state index contributed by atoms with van der Waals surface area (Å²) in [6.45, 7) is 30.5. The van der Waals surface area contributed by atoms with Gasteiger partial charge in [-0.2, -0.15) is 0 Å². The van der Waals surface area contributed by atoms with Crippen molar-refractivity contribution in [3.63, 3.8) is 0 Å². The average Bonchev–Trinajstić information content (AvgIpc) is 2.83. The van der Waals surface area contributed by atoms with Crippen LogP contribution in [0.15, 0.2) is 0 Å². The van der Waals surface area contributed by atoms with Gasteiger partial charge in [0.15, 0.2) is 12.6 Å². The van der Waals surface area contributed by atoms with E-state index in [2.05, 4.69) is 96.9 Å². The molecule has 4 nitrogen and oxygen atoms in total. The Balaban J connectivity index is 5.94. The maximum atomic E-state index is 6.70. The molecule has 2 atom stereocenters. The molecule has 0 N–H and O–H groups in total. The molecule has 0 aliphatic heterocycles. The topological polar surface area (TPSA) is 36.9 Å². The Morgan fingerprint density at radius 3 is 0.773 bits per heavy atom. The van der Waals surface area contributed by atoms with Gasteiger partial charge in [0.05, 0.1) is 22.4 Å². The van der Waals surface area contributed by atoms with Crippen LogP contribution in [0.4, 0.5) is 0 Å². The molecular formula is C40H82O4. The number of hydrogen-bond donors (Lipinski definition) is 0. The molecule has 0 fully saturated rings. The zero-order valence-corrected chi connectivity index (χ0v) is 32.7. The van der Waals surface area contributed by atoms with Crippen molar-refractivity contribution in [2.45, 2.75) is 247 Å². The Morgan fingerprint density at radius 1 is 0.318 bits per heavy atom. The van der Waals surface area contributed by atoms with Gasteiger partial charge in [-0.1, -0.05) is 104 Å². The van der Waals surface area contributed by atoms with Crippen LogP contribution in [-0.2, 0) is 18.9 Å². The van der Waals surface area contributed by atoms with Crippen molar-refractivity contribution in [3.8, 4) is 0 Å².